The van der Waals surface area contributed by atoms with E-state index in [0.717, 1.165) is 19.3 Å². The highest BCUT2D eigenvalue weighted by molar-refractivity contribution is 5.79. The first-order valence-corrected chi connectivity index (χ1v) is 8.74. The summed E-state index contributed by atoms with van der Waals surface area (Å²) >= 11 is 0. The summed E-state index contributed by atoms with van der Waals surface area (Å²) < 4.78 is 0. The highest BCUT2D eigenvalue weighted by Gasteiger charge is 2.30. The van der Waals surface area contributed by atoms with E-state index in [-0.39, 0.29) is 17.2 Å². The quantitative estimate of drug-likeness (QED) is 0.810. The molecule has 0 aliphatic heterocycles. The lowest BCUT2D eigenvalue weighted by Gasteiger charge is -2.32. The zero-order valence-corrected chi connectivity index (χ0v) is 14.2. The van der Waals surface area contributed by atoms with Gasteiger partial charge in [0.25, 0.3) is 0 Å². The van der Waals surface area contributed by atoms with Crippen molar-refractivity contribution in [2.75, 3.05) is 6.54 Å². The Hall–Kier alpha value is -2.35. The van der Waals surface area contributed by atoms with E-state index in [9.17, 15) is 4.79 Å². The summed E-state index contributed by atoms with van der Waals surface area (Å²) in [5.41, 5.74) is 2.21. The lowest BCUT2D eigenvalue weighted by Crippen LogP contribution is -2.42. The molecule has 24 heavy (non-hydrogen) atoms. The number of hydrogen-bond donors (Lipinski definition) is 1. The van der Waals surface area contributed by atoms with Crippen LogP contribution in [0.5, 0.6) is 0 Å². The number of rotatable bonds is 5. The molecule has 1 aliphatic rings. The minimum absolute atomic E-state index is 0.116. The van der Waals surface area contributed by atoms with Gasteiger partial charge in [-0.2, -0.15) is 0 Å². The Bertz CT molecular complexity index is 651. The fraction of sp³-hybridized carbons (Fsp3) is 0.318. The summed E-state index contributed by atoms with van der Waals surface area (Å²) in [6.07, 6.45) is 7.12. The number of amides is 1. The van der Waals surface area contributed by atoms with E-state index in [1.807, 2.05) is 12.1 Å². The minimum atomic E-state index is -0.233. The maximum atomic E-state index is 12.6. The van der Waals surface area contributed by atoms with Gasteiger partial charge in [0.15, 0.2) is 0 Å². The second-order valence-electron chi connectivity index (χ2n) is 6.76. The van der Waals surface area contributed by atoms with Crippen LogP contribution in [0.15, 0.2) is 72.8 Å². The van der Waals surface area contributed by atoms with E-state index in [0.29, 0.717) is 6.54 Å². The van der Waals surface area contributed by atoms with Crippen LogP contribution in [0.25, 0.3) is 0 Å². The maximum absolute atomic E-state index is 12.6. The van der Waals surface area contributed by atoms with Crippen LogP contribution in [-0.4, -0.2) is 12.5 Å². The van der Waals surface area contributed by atoms with Crippen molar-refractivity contribution in [2.45, 2.75) is 31.6 Å². The second-order valence-corrected chi connectivity index (χ2v) is 6.76. The summed E-state index contributed by atoms with van der Waals surface area (Å²) in [5.74, 6) is 0.295. The molecule has 0 spiro atoms. The largest absolute Gasteiger partial charge is 0.355 e. The van der Waals surface area contributed by atoms with Crippen molar-refractivity contribution in [1.29, 1.82) is 0 Å². The number of carbonyl (C=O) groups is 1. The number of benzene rings is 2. The van der Waals surface area contributed by atoms with Crippen LogP contribution in [-0.2, 0) is 10.2 Å². The van der Waals surface area contributed by atoms with Crippen LogP contribution in [0, 0.1) is 5.92 Å². The molecule has 2 nitrogen and oxygen atoms in total. The smallest absolute Gasteiger partial charge is 0.223 e. The van der Waals surface area contributed by atoms with Crippen LogP contribution in [0.2, 0.25) is 0 Å². The first-order chi connectivity index (χ1) is 11.7. The molecule has 0 unspecified atom stereocenters. The van der Waals surface area contributed by atoms with Gasteiger partial charge in [-0.3, -0.25) is 4.79 Å². The lowest BCUT2D eigenvalue weighted by atomic mass is 9.76. The lowest BCUT2D eigenvalue weighted by molar-refractivity contribution is -0.125. The molecule has 2 aromatic rings. The maximum Gasteiger partial charge on any atom is 0.223 e. The summed E-state index contributed by atoms with van der Waals surface area (Å²) in [5, 5.41) is 3.22. The van der Waals surface area contributed by atoms with Crippen LogP contribution in [0.3, 0.4) is 0 Å². The van der Waals surface area contributed by atoms with E-state index in [1.54, 1.807) is 0 Å². The minimum Gasteiger partial charge on any atom is -0.355 e. The van der Waals surface area contributed by atoms with Gasteiger partial charge in [0, 0.05) is 17.9 Å². The Morgan fingerprint density at radius 3 is 2.08 bits per heavy atom. The molecule has 1 amide bonds. The number of allylic oxidation sites excluding steroid dienone is 2. The van der Waals surface area contributed by atoms with Crippen LogP contribution >= 0.6 is 0 Å². The molecular formula is C22H25NO. The van der Waals surface area contributed by atoms with Crippen LogP contribution in [0.4, 0.5) is 0 Å². The third-order valence-corrected chi connectivity index (χ3v) is 5.08. The van der Waals surface area contributed by atoms with Gasteiger partial charge in [-0.1, -0.05) is 72.8 Å². The van der Waals surface area contributed by atoms with Crippen molar-refractivity contribution < 1.29 is 4.79 Å². The van der Waals surface area contributed by atoms with Crippen molar-refractivity contribution in [3.05, 3.63) is 83.9 Å². The van der Waals surface area contributed by atoms with E-state index in [2.05, 4.69) is 72.9 Å². The van der Waals surface area contributed by atoms with Crippen LogP contribution in [0.1, 0.15) is 37.3 Å². The average molecular weight is 319 g/mol. The van der Waals surface area contributed by atoms with E-state index < -0.39 is 0 Å². The molecule has 2 aromatic carbocycles. The number of nitrogens with one attached hydrogen (secondary N) is 1. The zero-order chi connectivity index (χ0) is 16.8. The normalized spacial score (nSPS) is 17.5. The Labute approximate surface area is 144 Å². The van der Waals surface area contributed by atoms with Gasteiger partial charge in [-0.15, -0.1) is 0 Å². The monoisotopic (exact) mass is 319 g/mol. The second kappa shape index (κ2) is 7.48. The van der Waals surface area contributed by atoms with Gasteiger partial charge < -0.3 is 5.32 Å². The fourth-order valence-corrected chi connectivity index (χ4v) is 3.42. The molecule has 0 heterocycles. The third kappa shape index (κ3) is 3.59. The number of carbonyl (C=O) groups excluding carboxylic acids is 1. The van der Waals surface area contributed by atoms with Gasteiger partial charge in [0.2, 0.25) is 5.91 Å². The van der Waals surface area contributed by atoms with Gasteiger partial charge in [-0.05, 0) is 37.3 Å². The Morgan fingerprint density at radius 2 is 1.58 bits per heavy atom. The molecule has 1 N–H and O–H groups in total. The molecule has 0 aromatic heterocycles. The van der Waals surface area contributed by atoms with E-state index in [1.165, 1.54) is 11.1 Å². The van der Waals surface area contributed by atoms with E-state index >= 15 is 0 Å². The molecule has 0 saturated carbocycles. The summed E-state index contributed by atoms with van der Waals surface area (Å²) in [7, 11) is 0. The highest BCUT2D eigenvalue weighted by Crippen LogP contribution is 2.31. The van der Waals surface area contributed by atoms with Crippen molar-refractivity contribution in [1.82, 2.24) is 5.32 Å². The first-order valence-electron chi connectivity index (χ1n) is 8.74. The molecule has 0 radical (unpaired) electrons. The summed E-state index contributed by atoms with van der Waals surface area (Å²) in [4.78, 5) is 12.6. The Kier molecular flexibility index (Phi) is 5.14. The SMILES string of the molecule is CC(CNC(=O)[C@H]1CC=CCC1)(c1ccccc1)c1ccccc1. The van der Waals surface area contributed by atoms with Gasteiger partial charge in [0.05, 0.1) is 0 Å². The molecule has 0 fully saturated rings. The Morgan fingerprint density at radius 1 is 1.00 bits per heavy atom. The average Bonchev–Trinajstić information content (AvgIpc) is 2.68. The van der Waals surface area contributed by atoms with Gasteiger partial charge in [-0.25, -0.2) is 0 Å². The summed E-state index contributed by atoms with van der Waals surface area (Å²) in [6, 6.07) is 20.9. The standard InChI is InChI=1S/C22H25NO/c1-22(19-13-7-3-8-14-19,20-15-9-4-10-16-20)17-23-21(24)18-11-5-2-6-12-18/h2-5,7-10,13-16,18H,6,11-12,17H2,1H3,(H,23,24)/t18-/m0/s1. The molecule has 0 saturated heterocycles. The molecule has 124 valence electrons. The molecule has 1 aliphatic carbocycles. The highest BCUT2D eigenvalue weighted by atomic mass is 16.1. The van der Waals surface area contributed by atoms with Crippen LogP contribution < -0.4 is 5.32 Å². The van der Waals surface area contributed by atoms with Gasteiger partial charge >= 0.3 is 0 Å². The first kappa shape index (κ1) is 16.5. The molecular weight excluding hydrogens is 294 g/mol. The van der Waals surface area contributed by atoms with Gasteiger partial charge in [0.1, 0.15) is 0 Å². The topological polar surface area (TPSA) is 29.1 Å². The Balaban J connectivity index is 1.81. The molecule has 1 atom stereocenters. The molecule has 3 rings (SSSR count). The zero-order valence-electron chi connectivity index (χ0n) is 14.2. The van der Waals surface area contributed by atoms with Crippen molar-refractivity contribution in [3.63, 3.8) is 0 Å². The summed E-state index contributed by atoms with van der Waals surface area (Å²) in [6.45, 7) is 2.82. The van der Waals surface area contributed by atoms with Crippen molar-refractivity contribution >= 4 is 5.91 Å². The third-order valence-electron chi connectivity index (χ3n) is 5.08. The van der Waals surface area contributed by atoms with Crippen molar-refractivity contribution in [2.24, 2.45) is 5.92 Å². The van der Waals surface area contributed by atoms with E-state index in [4.69, 9.17) is 0 Å². The molecule has 2 heteroatoms. The number of hydrogen-bond acceptors (Lipinski definition) is 1. The predicted molar refractivity (Wildman–Crippen MR) is 98.8 cm³/mol. The fourth-order valence-electron chi connectivity index (χ4n) is 3.42. The van der Waals surface area contributed by atoms with Crippen molar-refractivity contribution in [3.8, 4) is 0 Å². The molecule has 0 bridgehead atoms. The predicted octanol–water partition coefficient (Wildman–Crippen LogP) is 4.47.